The lowest BCUT2D eigenvalue weighted by molar-refractivity contribution is 0.0960. The van der Waals surface area contributed by atoms with Gasteiger partial charge < -0.3 is 14.6 Å². The second-order valence-electron chi connectivity index (χ2n) is 5.18. The van der Waals surface area contributed by atoms with Crippen LogP contribution in [0.25, 0.3) is 11.1 Å². The van der Waals surface area contributed by atoms with Gasteiger partial charge in [-0.05, 0) is 18.2 Å². The van der Waals surface area contributed by atoms with Crippen LogP contribution in [0.5, 0.6) is 0 Å². The summed E-state index contributed by atoms with van der Waals surface area (Å²) in [5, 5.41) is 3.31. The Morgan fingerprint density at radius 2 is 2.20 bits per heavy atom. The average molecular weight is 273 g/mol. The summed E-state index contributed by atoms with van der Waals surface area (Å²) in [7, 11) is 0. The molecule has 2 aromatic rings. The highest BCUT2D eigenvalue weighted by atomic mass is 16.3. The lowest BCUT2D eigenvalue weighted by atomic mass is 10.1. The maximum atomic E-state index is 12.2. The van der Waals surface area contributed by atoms with Gasteiger partial charge in [-0.3, -0.25) is 4.79 Å². The fourth-order valence-corrected chi connectivity index (χ4v) is 2.55. The van der Waals surface area contributed by atoms with Crippen molar-refractivity contribution in [1.82, 2.24) is 15.2 Å². The molecule has 0 unspecified atom stereocenters. The number of piperazine rings is 1. The molecule has 2 heterocycles. The topological polar surface area (TPSA) is 58.4 Å². The van der Waals surface area contributed by atoms with Crippen LogP contribution in [0.15, 0.2) is 22.6 Å². The van der Waals surface area contributed by atoms with E-state index in [1.807, 2.05) is 19.1 Å². The first-order valence-corrected chi connectivity index (χ1v) is 7.06. The minimum absolute atomic E-state index is 0.166. The predicted molar refractivity (Wildman–Crippen MR) is 77.0 cm³/mol. The minimum Gasteiger partial charge on any atom is -0.441 e. The highest BCUT2D eigenvalue weighted by Gasteiger charge is 2.13. The molecule has 1 aromatic heterocycles. The van der Waals surface area contributed by atoms with Gasteiger partial charge >= 0.3 is 0 Å². The molecule has 0 bridgehead atoms. The van der Waals surface area contributed by atoms with E-state index < -0.39 is 0 Å². The monoisotopic (exact) mass is 273 g/mol. The Morgan fingerprint density at radius 1 is 1.40 bits per heavy atom. The second-order valence-corrected chi connectivity index (χ2v) is 5.18. The van der Waals surface area contributed by atoms with Gasteiger partial charge in [0, 0.05) is 51.6 Å². The van der Waals surface area contributed by atoms with Gasteiger partial charge in [-0.1, -0.05) is 0 Å². The number of carbonyl (C=O) groups is 1. The Balaban J connectivity index is 1.65. The largest absolute Gasteiger partial charge is 0.441 e. The van der Waals surface area contributed by atoms with Gasteiger partial charge in [0.05, 0.1) is 0 Å². The molecule has 0 atom stereocenters. The van der Waals surface area contributed by atoms with E-state index >= 15 is 0 Å². The fourth-order valence-electron chi connectivity index (χ4n) is 2.55. The molecular formula is C15H19N3O2. The molecule has 106 valence electrons. The Bertz CT molecular complexity index is 615. The number of benzene rings is 1. The molecule has 1 aromatic carbocycles. The maximum Gasteiger partial charge on any atom is 0.192 e. The van der Waals surface area contributed by atoms with E-state index in [1.54, 1.807) is 6.07 Å². The van der Waals surface area contributed by atoms with E-state index in [9.17, 15) is 4.79 Å². The summed E-state index contributed by atoms with van der Waals surface area (Å²) >= 11 is 0. The van der Waals surface area contributed by atoms with Crippen molar-refractivity contribution in [2.75, 3.05) is 32.7 Å². The normalized spacial score (nSPS) is 16.6. The minimum atomic E-state index is 0.166. The summed E-state index contributed by atoms with van der Waals surface area (Å²) in [5.74, 6) is 0.796. The molecule has 0 amide bonds. The van der Waals surface area contributed by atoms with Crippen molar-refractivity contribution in [3.8, 4) is 0 Å². The molecule has 20 heavy (non-hydrogen) atoms. The number of rotatable bonds is 4. The van der Waals surface area contributed by atoms with E-state index in [-0.39, 0.29) is 5.78 Å². The first kappa shape index (κ1) is 13.3. The maximum absolute atomic E-state index is 12.2. The number of fused-ring (bicyclic) bond motifs is 1. The van der Waals surface area contributed by atoms with E-state index in [4.69, 9.17) is 4.42 Å². The van der Waals surface area contributed by atoms with Gasteiger partial charge in [-0.25, -0.2) is 4.98 Å². The van der Waals surface area contributed by atoms with Gasteiger partial charge in [0.1, 0.15) is 5.52 Å². The van der Waals surface area contributed by atoms with E-state index in [0.29, 0.717) is 23.5 Å². The molecule has 1 fully saturated rings. The van der Waals surface area contributed by atoms with Gasteiger partial charge in [-0.15, -0.1) is 0 Å². The van der Waals surface area contributed by atoms with Gasteiger partial charge in [0.15, 0.2) is 17.3 Å². The predicted octanol–water partition coefficient (Wildman–Crippen LogP) is 1.61. The molecule has 1 saturated heterocycles. The summed E-state index contributed by atoms with van der Waals surface area (Å²) in [4.78, 5) is 18.8. The van der Waals surface area contributed by atoms with Crippen molar-refractivity contribution in [2.45, 2.75) is 13.3 Å². The van der Waals surface area contributed by atoms with Crippen LogP contribution in [-0.4, -0.2) is 48.4 Å². The molecule has 1 N–H and O–H groups in total. The van der Waals surface area contributed by atoms with Crippen LogP contribution >= 0.6 is 0 Å². The molecule has 1 aliphatic rings. The number of nitrogens with zero attached hydrogens (tertiary/aromatic N) is 2. The summed E-state index contributed by atoms with van der Waals surface area (Å²) < 4.78 is 5.47. The molecule has 5 nitrogen and oxygen atoms in total. The van der Waals surface area contributed by atoms with Crippen LogP contribution < -0.4 is 5.32 Å². The number of nitrogens with one attached hydrogen (secondary N) is 1. The number of aryl methyl sites for hydroxylation is 1. The van der Waals surface area contributed by atoms with Crippen LogP contribution in [0.4, 0.5) is 0 Å². The SMILES string of the molecule is Cc1nc2ccc(C(=O)CCN3CCNCC3)cc2o1. The van der Waals surface area contributed by atoms with E-state index in [1.165, 1.54) is 0 Å². The number of carbonyl (C=O) groups excluding carboxylic acids is 1. The number of Topliss-reactive ketones (excluding diaryl/α,β-unsaturated/α-hetero) is 1. The van der Waals surface area contributed by atoms with E-state index in [0.717, 1.165) is 38.2 Å². The third kappa shape index (κ3) is 2.89. The lowest BCUT2D eigenvalue weighted by Crippen LogP contribution is -2.44. The molecule has 0 aliphatic carbocycles. The summed E-state index contributed by atoms with van der Waals surface area (Å²) in [6.07, 6.45) is 0.554. The van der Waals surface area contributed by atoms with Crippen molar-refractivity contribution < 1.29 is 9.21 Å². The van der Waals surface area contributed by atoms with E-state index in [2.05, 4.69) is 15.2 Å². The number of aromatic nitrogens is 1. The molecule has 1 aliphatic heterocycles. The Labute approximate surface area is 118 Å². The number of oxazole rings is 1. The Hall–Kier alpha value is -1.72. The molecule has 5 heteroatoms. The second kappa shape index (κ2) is 5.73. The van der Waals surface area contributed by atoms with Crippen LogP contribution in [-0.2, 0) is 0 Å². The quantitative estimate of drug-likeness (QED) is 0.858. The zero-order valence-electron chi connectivity index (χ0n) is 11.7. The molecule has 0 radical (unpaired) electrons. The molecule has 0 spiro atoms. The van der Waals surface area contributed by atoms with Gasteiger partial charge in [0.25, 0.3) is 0 Å². The zero-order chi connectivity index (χ0) is 13.9. The fraction of sp³-hybridized carbons (Fsp3) is 0.467. The first-order valence-electron chi connectivity index (χ1n) is 7.06. The summed E-state index contributed by atoms with van der Waals surface area (Å²) in [5.41, 5.74) is 2.21. The van der Waals surface area contributed by atoms with Crippen molar-refractivity contribution in [1.29, 1.82) is 0 Å². The van der Waals surface area contributed by atoms with Crippen LogP contribution in [0.3, 0.4) is 0 Å². The molecule has 3 rings (SSSR count). The number of hydrogen-bond donors (Lipinski definition) is 1. The third-order valence-electron chi connectivity index (χ3n) is 3.68. The summed E-state index contributed by atoms with van der Waals surface area (Å²) in [6, 6.07) is 5.49. The number of hydrogen-bond acceptors (Lipinski definition) is 5. The van der Waals surface area contributed by atoms with Gasteiger partial charge in [0.2, 0.25) is 0 Å². The highest BCUT2D eigenvalue weighted by molar-refractivity contribution is 5.98. The smallest absolute Gasteiger partial charge is 0.192 e. The van der Waals surface area contributed by atoms with Crippen molar-refractivity contribution in [3.05, 3.63) is 29.7 Å². The van der Waals surface area contributed by atoms with Crippen molar-refractivity contribution in [3.63, 3.8) is 0 Å². The van der Waals surface area contributed by atoms with Gasteiger partial charge in [-0.2, -0.15) is 0 Å². The average Bonchev–Trinajstić information content (AvgIpc) is 2.85. The lowest BCUT2D eigenvalue weighted by Gasteiger charge is -2.26. The third-order valence-corrected chi connectivity index (χ3v) is 3.68. The first-order chi connectivity index (χ1) is 9.72. The zero-order valence-corrected chi connectivity index (χ0v) is 11.7. The van der Waals surface area contributed by atoms with Crippen molar-refractivity contribution in [2.24, 2.45) is 0 Å². The van der Waals surface area contributed by atoms with Crippen molar-refractivity contribution >= 4 is 16.9 Å². The molecular weight excluding hydrogens is 254 g/mol. The highest BCUT2D eigenvalue weighted by Crippen LogP contribution is 2.18. The standard InChI is InChI=1S/C15H19N3O2/c1-11-17-13-3-2-12(10-15(13)20-11)14(19)4-7-18-8-5-16-6-9-18/h2-3,10,16H,4-9H2,1H3. The Kier molecular flexibility index (Phi) is 3.80. The van der Waals surface area contributed by atoms with Crippen LogP contribution in [0, 0.1) is 6.92 Å². The summed E-state index contributed by atoms with van der Waals surface area (Å²) in [6.45, 7) is 6.70. The number of ketones is 1. The Morgan fingerprint density at radius 3 is 3.00 bits per heavy atom. The molecule has 0 saturated carbocycles. The van der Waals surface area contributed by atoms with Crippen LogP contribution in [0.1, 0.15) is 22.7 Å². The van der Waals surface area contributed by atoms with Crippen LogP contribution in [0.2, 0.25) is 0 Å².